The molecule has 0 N–H and O–H groups in total. The van der Waals surface area contributed by atoms with Crippen LogP contribution in [0.4, 0.5) is 0 Å². The Kier molecular flexibility index (Phi) is 5.31. The predicted molar refractivity (Wildman–Crippen MR) is 70.5 cm³/mol. The summed E-state index contributed by atoms with van der Waals surface area (Å²) >= 11 is 1.43. The van der Waals surface area contributed by atoms with Crippen LogP contribution in [-0.4, -0.2) is 72.5 Å². The average molecular weight is 272 g/mol. The van der Waals surface area contributed by atoms with Gasteiger partial charge < -0.3 is 14.5 Å². The Morgan fingerprint density at radius 1 is 0.889 bits per heavy atom. The highest BCUT2D eigenvalue weighted by atomic mass is 32.2. The molecule has 0 atom stereocenters. The summed E-state index contributed by atoms with van der Waals surface area (Å²) < 4.78 is 5.20. The van der Waals surface area contributed by atoms with Gasteiger partial charge >= 0.3 is 0 Å². The molecule has 0 bridgehead atoms. The summed E-state index contributed by atoms with van der Waals surface area (Å²) in [7, 11) is 0. The van der Waals surface area contributed by atoms with E-state index in [0.29, 0.717) is 37.8 Å². The van der Waals surface area contributed by atoms with Crippen molar-refractivity contribution < 1.29 is 14.3 Å². The van der Waals surface area contributed by atoms with Crippen molar-refractivity contribution in [2.45, 2.75) is 12.8 Å². The summed E-state index contributed by atoms with van der Waals surface area (Å²) in [5, 5.41) is 0. The summed E-state index contributed by atoms with van der Waals surface area (Å²) in [5.74, 6) is 1.13. The number of ether oxygens (including phenoxy) is 1. The standard InChI is InChI=1S/C12H20N2O3S/c15-11(13-3-1-2-4-13)9-18-10-12(16)14-5-7-17-8-6-14/h1-10H2. The average Bonchev–Trinajstić information content (AvgIpc) is 2.93. The predicted octanol–water partition coefficient (Wildman–Crippen LogP) is 0.201. The fraction of sp³-hybridized carbons (Fsp3) is 0.833. The smallest absolute Gasteiger partial charge is 0.232 e. The summed E-state index contributed by atoms with van der Waals surface area (Å²) in [6, 6.07) is 0. The molecule has 6 heteroatoms. The number of carbonyl (C=O) groups is 2. The minimum atomic E-state index is 0.123. The first-order valence-electron chi connectivity index (χ1n) is 6.48. The normalized spacial score (nSPS) is 20.2. The maximum atomic E-state index is 11.8. The molecule has 2 rings (SSSR count). The fourth-order valence-electron chi connectivity index (χ4n) is 2.19. The van der Waals surface area contributed by atoms with Gasteiger partial charge in [-0.1, -0.05) is 0 Å². The van der Waals surface area contributed by atoms with Crippen molar-refractivity contribution in [3.05, 3.63) is 0 Å². The van der Waals surface area contributed by atoms with E-state index < -0.39 is 0 Å². The van der Waals surface area contributed by atoms with Crippen LogP contribution in [-0.2, 0) is 14.3 Å². The van der Waals surface area contributed by atoms with E-state index in [9.17, 15) is 9.59 Å². The van der Waals surface area contributed by atoms with Gasteiger partial charge in [0, 0.05) is 26.2 Å². The molecule has 18 heavy (non-hydrogen) atoms. The van der Waals surface area contributed by atoms with Gasteiger partial charge in [-0.25, -0.2) is 0 Å². The van der Waals surface area contributed by atoms with Crippen molar-refractivity contribution in [1.29, 1.82) is 0 Å². The molecular formula is C12H20N2O3S. The second-order valence-corrected chi connectivity index (χ2v) is 5.56. The Morgan fingerprint density at radius 2 is 1.39 bits per heavy atom. The number of thioether (sulfide) groups is 1. The summed E-state index contributed by atoms with van der Waals surface area (Å²) in [6.45, 7) is 4.39. The van der Waals surface area contributed by atoms with Gasteiger partial charge in [-0.15, -0.1) is 11.8 Å². The van der Waals surface area contributed by atoms with E-state index in [4.69, 9.17) is 4.74 Å². The molecule has 5 nitrogen and oxygen atoms in total. The number of morpholine rings is 1. The molecule has 0 aromatic rings. The lowest BCUT2D eigenvalue weighted by molar-refractivity contribution is -0.132. The Balaban J connectivity index is 1.62. The van der Waals surface area contributed by atoms with Gasteiger partial charge in [0.25, 0.3) is 0 Å². The van der Waals surface area contributed by atoms with Crippen molar-refractivity contribution in [2.24, 2.45) is 0 Å². The highest BCUT2D eigenvalue weighted by molar-refractivity contribution is 8.00. The lowest BCUT2D eigenvalue weighted by Gasteiger charge is -2.26. The van der Waals surface area contributed by atoms with Crippen LogP contribution >= 0.6 is 11.8 Å². The topological polar surface area (TPSA) is 49.9 Å². The van der Waals surface area contributed by atoms with Crippen LogP contribution in [0.15, 0.2) is 0 Å². The van der Waals surface area contributed by atoms with Crippen molar-refractivity contribution in [3.8, 4) is 0 Å². The molecule has 2 amide bonds. The molecule has 0 aromatic carbocycles. The number of rotatable bonds is 4. The maximum absolute atomic E-state index is 11.8. The third-order valence-corrected chi connectivity index (χ3v) is 4.18. The van der Waals surface area contributed by atoms with Crippen LogP contribution in [0.25, 0.3) is 0 Å². The van der Waals surface area contributed by atoms with E-state index in [0.717, 1.165) is 25.9 Å². The molecule has 2 heterocycles. The molecular weight excluding hydrogens is 252 g/mol. The van der Waals surface area contributed by atoms with E-state index in [1.54, 1.807) is 0 Å². The molecule has 0 radical (unpaired) electrons. The minimum Gasteiger partial charge on any atom is -0.378 e. The van der Waals surface area contributed by atoms with Crippen LogP contribution in [0.2, 0.25) is 0 Å². The molecule has 0 aliphatic carbocycles. The largest absolute Gasteiger partial charge is 0.378 e. The van der Waals surface area contributed by atoms with Crippen LogP contribution in [0.5, 0.6) is 0 Å². The van der Waals surface area contributed by atoms with Gasteiger partial charge in [0.2, 0.25) is 11.8 Å². The zero-order valence-corrected chi connectivity index (χ0v) is 11.4. The van der Waals surface area contributed by atoms with Crippen LogP contribution in [0, 0.1) is 0 Å². The molecule has 102 valence electrons. The molecule has 0 saturated carbocycles. The number of carbonyl (C=O) groups excluding carboxylic acids is 2. The van der Waals surface area contributed by atoms with Crippen molar-refractivity contribution in [2.75, 3.05) is 50.9 Å². The summed E-state index contributed by atoms with van der Waals surface area (Å²) in [6.07, 6.45) is 2.23. The third-order valence-electron chi connectivity index (χ3n) is 3.27. The van der Waals surface area contributed by atoms with E-state index in [1.807, 2.05) is 9.80 Å². The first kappa shape index (κ1) is 13.7. The van der Waals surface area contributed by atoms with E-state index >= 15 is 0 Å². The number of likely N-dealkylation sites (tertiary alicyclic amines) is 1. The molecule has 2 fully saturated rings. The van der Waals surface area contributed by atoms with Crippen molar-refractivity contribution in [3.63, 3.8) is 0 Å². The Bertz CT molecular complexity index is 300. The van der Waals surface area contributed by atoms with Gasteiger partial charge in [-0.05, 0) is 12.8 Å². The van der Waals surface area contributed by atoms with Gasteiger partial charge in [0.1, 0.15) is 0 Å². The highest BCUT2D eigenvalue weighted by Gasteiger charge is 2.20. The zero-order chi connectivity index (χ0) is 12.8. The second-order valence-electron chi connectivity index (χ2n) is 4.57. The molecule has 2 aliphatic rings. The van der Waals surface area contributed by atoms with Crippen molar-refractivity contribution in [1.82, 2.24) is 9.80 Å². The quantitative estimate of drug-likeness (QED) is 0.733. The zero-order valence-electron chi connectivity index (χ0n) is 10.6. The van der Waals surface area contributed by atoms with E-state index in [2.05, 4.69) is 0 Å². The Morgan fingerprint density at radius 3 is 1.94 bits per heavy atom. The fourth-order valence-corrected chi connectivity index (χ4v) is 3.00. The first-order chi connectivity index (χ1) is 8.77. The van der Waals surface area contributed by atoms with Crippen LogP contribution in [0.3, 0.4) is 0 Å². The lowest BCUT2D eigenvalue weighted by atomic mass is 10.4. The minimum absolute atomic E-state index is 0.123. The number of amides is 2. The molecule has 0 aromatic heterocycles. The highest BCUT2D eigenvalue weighted by Crippen LogP contribution is 2.11. The number of hydrogen-bond donors (Lipinski definition) is 0. The van der Waals surface area contributed by atoms with Crippen LogP contribution in [0.1, 0.15) is 12.8 Å². The monoisotopic (exact) mass is 272 g/mol. The molecule has 2 saturated heterocycles. The maximum Gasteiger partial charge on any atom is 0.232 e. The van der Waals surface area contributed by atoms with Gasteiger partial charge in [-0.2, -0.15) is 0 Å². The molecule has 0 spiro atoms. The molecule has 2 aliphatic heterocycles. The second kappa shape index (κ2) is 6.99. The summed E-state index contributed by atoms with van der Waals surface area (Å²) in [4.78, 5) is 27.3. The Labute approximate surface area is 112 Å². The molecule has 0 unspecified atom stereocenters. The first-order valence-corrected chi connectivity index (χ1v) is 7.64. The SMILES string of the molecule is O=C(CSCC(=O)N1CCOCC1)N1CCCC1. The number of nitrogens with zero attached hydrogens (tertiary/aromatic N) is 2. The third kappa shape index (κ3) is 3.88. The van der Waals surface area contributed by atoms with Gasteiger partial charge in [-0.3, -0.25) is 9.59 Å². The van der Waals surface area contributed by atoms with Crippen LogP contribution < -0.4 is 0 Å². The van der Waals surface area contributed by atoms with Gasteiger partial charge in [0.05, 0.1) is 24.7 Å². The van der Waals surface area contributed by atoms with Gasteiger partial charge in [0.15, 0.2) is 0 Å². The Hall–Kier alpha value is -0.750. The number of hydrogen-bond acceptors (Lipinski definition) is 4. The van der Waals surface area contributed by atoms with Crippen molar-refractivity contribution >= 4 is 23.6 Å². The lowest BCUT2D eigenvalue weighted by Crippen LogP contribution is -2.41. The summed E-state index contributed by atoms with van der Waals surface area (Å²) in [5.41, 5.74) is 0. The van der Waals surface area contributed by atoms with E-state index in [-0.39, 0.29) is 11.8 Å². The van der Waals surface area contributed by atoms with E-state index in [1.165, 1.54) is 11.8 Å².